The largest absolute Gasteiger partial charge is 0.497 e. The minimum absolute atomic E-state index is 0.0287. The third-order valence-corrected chi connectivity index (χ3v) is 34.2. The number of urea groups is 3. The van der Waals surface area contributed by atoms with E-state index in [1.54, 1.807) is 54.0 Å². The number of carbonyl (C=O) groups is 8. The van der Waals surface area contributed by atoms with E-state index in [0.29, 0.717) is 53.8 Å². The van der Waals surface area contributed by atoms with Crippen LogP contribution >= 0.6 is 63.6 Å². The molecular formula is C116H110BrCl2N15O11S2. The van der Waals surface area contributed by atoms with Crippen LogP contribution in [0.3, 0.4) is 0 Å². The van der Waals surface area contributed by atoms with Crippen LogP contribution in [0.4, 0.5) is 14.4 Å². The van der Waals surface area contributed by atoms with Crippen molar-refractivity contribution in [1.82, 2.24) is 73.9 Å². The summed E-state index contributed by atoms with van der Waals surface area (Å²) in [6.07, 6.45) is 13.9. The first-order chi connectivity index (χ1) is 71.4. The normalized spacial score (nSPS) is 22.4. The van der Waals surface area contributed by atoms with Gasteiger partial charge in [0.2, 0.25) is 0 Å². The van der Waals surface area contributed by atoms with Crippen molar-refractivity contribution < 1.29 is 52.6 Å². The maximum atomic E-state index is 13.8. The van der Waals surface area contributed by atoms with Crippen molar-refractivity contribution in [2.75, 3.05) is 34.9 Å². The fraction of sp³-hybridized carbons (Fsp3) is 0.310. The van der Waals surface area contributed by atoms with E-state index in [9.17, 15) is 38.4 Å². The molecule has 31 heteroatoms. The lowest BCUT2D eigenvalue weighted by Crippen LogP contribution is -2.44. The molecule has 7 fully saturated rings. The van der Waals surface area contributed by atoms with E-state index in [-0.39, 0.29) is 108 Å². The molecule has 26 nitrogen and oxygen atoms in total. The number of thiocarbonyl (C=S) groups is 2. The summed E-state index contributed by atoms with van der Waals surface area (Å²) in [5, 5.41) is 7.94. The summed E-state index contributed by atoms with van der Waals surface area (Å²) < 4.78 is 17.0. The Labute approximate surface area is 879 Å². The monoisotopic (exact) mass is 2100 g/mol. The molecule has 15 aromatic rings. The molecule has 10 aliphatic heterocycles. The summed E-state index contributed by atoms with van der Waals surface area (Å²) in [5.74, 6) is 2.20. The Morgan fingerprint density at radius 3 is 1.19 bits per heavy atom. The third kappa shape index (κ3) is 16.3. The Kier molecular flexibility index (Phi) is 25.5. The van der Waals surface area contributed by atoms with Gasteiger partial charge in [-0.25, -0.2) is 14.4 Å². The number of nitrogens with one attached hydrogen (secondary N) is 5. The second-order valence-electron chi connectivity index (χ2n) is 40.2. The smallest absolute Gasteiger partial charge is 0.328 e. The number of imide groups is 3. The molecule has 5 saturated heterocycles. The van der Waals surface area contributed by atoms with Crippen molar-refractivity contribution in [3.63, 3.8) is 0 Å². The molecule has 10 aromatic carbocycles. The highest BCUT2D eigenvalue weighted by Gasteiger charge is 2.59. The summed E-state index contributed by atoms with van der Waals surface area (Å²) in [7, 11) is 6.64. The Bertz CT molecular complexity index is 7840. The van der Waals surface area contributed by atoms with Crippen LogP contribution in [-0.4, -0.2) is 215 Å². The predicted molar refractivity (Wildman–Crippen MR) is 578 cm³/mol. The third-order valence-electron chi connectivity index (χ3n) is 32.0. The predicted octanol–water partition coefficient (Wildman–Crippen LogP) is 22.4. The van der Waals surface area contributed by atoms with Crippen molar-refractivity contribution in [3.05, 3.63) is 335 Å². The number of amides is 11. The zero-order valence-corrected chi connectivity index (χ0v) is 87.0. The summed E-state index contributed by atoms with van der Waals surface area (Å²) in [4.78, 5) is 142. The van der Waals surface area contributed by atoms with Gasteiger partial charge in [0.1, 0.15) is 65.6 Å². The number of hydrogen-bond donors (Lipinski definition) is 5. The van der Waals surface area contributed by atoms with E-state index >= 15 is 0 Å². The van der Waals surface area contributed by atoms with Gasteiger partial charge in [0.15, 0.2) is 10.2 Å². The van der Waals surface area contributed by atoms with Crippen molar-refractivity contribution in [2.45, 2.75) is 196 Å². The lowest BCUT2D eigenvalue weighted by molar-refractivity contribution is -0.131. The number of carbonyl (C=O) groups excluding carboxylic acids is 8. The minimum atomic E-state index is -0.493. The molecule has 0 radical (unpaired) electrons. The van der Waals surface area contributed by atoms with Gasteiger partial charge in [-0.2, -0.15) is 0 Å². The SMILES string of the molecule is CCN1C(=O)C2Cc3c([nH]c4ccc(Br)cc34)C(c3ccc(OC)cc3)N2C1=O.CN1C(=O)C2Cc3c([nH]c4ccccc34)C(c3ccc(Cl)c(Cl)c3)N2C1=S.COc1ccc(C2c3[nH]c4ccccc4c3CC3C(=O)N(C4CCCCC4)C(=O)N32)cc1.COc1cccc(C2c3[nH]c4ccccc4c3CC3C(=O)N(C(C)C)C(=O)N32)c1.O=C1C2Cc3c([nH]c4ccccc34)C(c3ccccc3)N2C(=S)N1C1CCCCC1. The number of fused-ring (bicyclic) bond motifs is 20. The zero-order valence-electron chi connectivity index (χ0n) is 82.2. The summed E-state index contributed by atoms with van der Waals surface area (Å²) in [6, 6.07) is 74.5. The van der Waals surface area contributed by atoms with Gasteiger partial charge in [0.05, 0.1) is 43.5 Å². The van der Waals surface area contributed by atoms with Gasteiger partial charge in [0, 0.05) is 151 Å². The van der Waals surface area contributed by atoms with Crippen LogP contribution in [-0.2, 0) is 56.1 Å². The topological polar surface area (TPSA) is 276 Å². The second kappa shape index (κ2) is 38.9. The van der Waals surface area contributed by atoms with Gasteiger partial charge >= 0.3 is 18.1 Å². The highest BCUT2D eigenvalue weighted by Crippen LogP contribution is 2.53. The van der Waals surface area contributed by atoms with Gasteiger partial charge < -0.3 is 48.9 Å². The van der Waals surface area contributed by atoms with Crippen LogP contribution < -0.4 is 14.2 Å². The van der Waals surface area contributed by atoms with Gasteiger partial charge in [-0.05, 0) is 218 Å². The summed E-state index contributed by atoms with van der Waals surface area (Å²) in [6.45, 7) is 5.97. The number of aromatic amines is 5. The number of H-pyrrole nitrogens is 5. The van der Waals surface area contributed by atoms with Crippen LogP contribution in [0.15, 0.2) is 241 Å². The number of ether oxygens (including phenoxy) is 3. The number of likely N-dealkylation sites (N-methyl/N-ethyl adjacent to an activating group) is 2. The Morgan fingerprint density at radius 1 is 0.347 bits per heavy atom. The lowest BCUT2D eigenvalue weighted by atomic mass is 9.88. The molecule has 2 aliphatic carbocycles. The standard InChI is InChI=1S/C26H27N3O3.C25H25N3OS.C23H23N3O3.C22H20BrN3O3.C20H15Cl2N3OS/c1-32-18-13-11-16(12-14-18)24-23-20(19-9-5-6-10-21(19)27-23)15-22-25(30)28(26(31)29(22)24)17-7-3-2-4-8-17;29-24-21-15-19-18-13-7-8-14-20(18)26-22(19)23(16-9-3-1-4-10-16)28(21)25(30)27(24)17-11-5-2-6-12-17;1-13(2)25-22(27)19-12-17-16-9-4-5-10-18(16)24-20(17)21(26(19)23(25)28)14-7-6-8-15(11-14)29-3;1-3-25-21(27)18-11-16-15-10-13(23)6-9-17(15)24-19(16)20(26(18)22(25)28)12-4-7-14(29-2)8-5-12;1-24-19(26)16-9-12-11-4-2-3-5-15(11)23-17(12)18(25(16)20(24)27)10-6-7-13(21)14(22)8-10/h5-6,9-14,17,22,24,27H,2-4,7-8,15H2,1H3;1,3-4,7-10,13-14,17,21,23,26H,2,5-6,11-12,15H2;4-11,13,19,21,24H,12H2,1-3H3;4-10,18,20,24H,3,11H2,1-2H3;2-8,16,18,23H,9H2,1H3. The summed E-state index contributed by atoms with van der Waals surface area (Å²) >= 11 is 27.6. The van der Waals surface area contributed by atoms with Crippen LogP contribution in [0.5, 0.6) is 17.2 Å². The Morgan fingerprint density at radius 2 is 0.714 bits per heavy atom. The number of para-hydroxylation sites is 4. The maximum absolute atomic E-state index is 13.8. The van der Waals surface area contributed by atoms with Crippen molar-refractivity contribution in [3.8, 4) is 17.2 Å². The highest BCUT2D eigenvalue weighted by molar-refractivity contribution is 9.10. The average molecular weight is 2110 g/mol. The zero-order chi connectivity index (χ0) is 101. The maximum Gasteiger partial charge on any atom is 0.328 e. The number of benzene rings is 10. The van der Waals surface area contributed by atoms with E-state index in [2.05, 4.69) is 131 Å². The molecule has 11 amide bonds. The van der Waals surface area contributed by atoms with Crippen LogP contribution in [0.1, 0.15) is 199 Å². The highest BCUT2D eigenvalue weighted by atomic mass is 79.9. The molecule has 0 bridgehead atoms. The molecule has 2 saturated carbocycles. The Balaban J connectivity index is 0.000000101. The number of halogens is 3. The number of rotatable bonds is 12. The molecule has 27 rings (SSSR count). The molecule has 0 spiro atoms. The van der Waals surface area contributed by atoms with Crippen LogP contribution in [0.25, 0.3) is 54.5 Å². The number of methoxy groups -OCH3 is 3. The van der Waals surface area contributed by atoms with E-state index in [1.165, 1.54) is 57.7 Å². The molecular weight excluding hydrogens is 1990 g/mol. The average Bonchev–Trinajstić information content (AvgIpc) is 1.58. The Hall–Kier alpha value is -14.1. The summed E-state index contributed by atoms with van der Waals surface area (Å²) in [5.41, 5.74) is 21.2. The van der Waals surface area contributed by atoms with Gasteiger partial charge in [0.25, 0.3) is 29.5 Å². The molecule has 10 atom stereocenters. The fourth-order valence-corrected chi connectivity index (χ4v) is 26.7. The van der Waals surface area contributed by atoms with Crippen LogP contribution in [0, 0.1) is 0 Å². The quantitative estimate of drug-likeness (QED) is 0.0562. The number of hydrogen-bond acceptors (Lipinski definition) is 13. The first-order valence-electron chi connectivity index (χ1n) is 50.7. The van der Waals surface area contributed by atoms with E-state index in [0.717, 1.165) is 182 Å². The van der Waals surface area contributed by atoms with Gasteiger partial charge in [-0.1, -0.05) is 223 Å². The van der Waals surface area contributed by atoms with Crippen LogP contribution in [0.2, 0.25) is 10.0 Å². The molecule has 147 heavy (non-hydrogen) atoms. The molecule has 15 heterocycles. The molecule has 12 aliphatic rings. The number of aromatic nitrogens is 5. The first-order valence-corrected chi connectivity index (χ1v) is 53.1. The van der Waals surface area contributed by atoms with Crippen molar-refractivity contribution >= 4 is 176 Å². The molecule has 5 aromatic heterocycles. The van der Waals surface area contributed by atoms with E-state index in [4.69, 9.17) is 61.8 Å². The molecule has 748 valence electrons. The molecule has 10 unspecified atom stereocenters. The van der Waals surface area contributed by atoms with Crippen molar-refractivity contribution in [1.29, 1.82) is 0 Å². The van der Waals surface area contributed by atoms with E-state index in [1.807, 2.05) is 181 Å². The first kappa shape index (κ1) is 96.4. The minimum Gasteiger partial charge on any atom is -0.497 e. The van der Waals surface area contributed by atoms with E-state index < -0.39 is 18.1 Å². The van der Waals surface area contributed by atoms with Crippen molar-refractivity contribution in [2.24, 2.45) is 0 Å². The lowest BCUT2D eigenvalue weighted by Gasteiger charge is -2.38. The molecule has 5 N–H and O–H groups in total. The second-order valence-corrected chi connectivity index (χ2v) is 42.7. The van der Waals surface area contributed by atoms with Gasteiger partial charge in [-0.15, -0.1) is 0 Å². The van der Waals surface area contributed by atoms with Gasteiger partial charge in [-0.3, -0.25) is 63.2 Å². The fourth-order valence-electron chi connectivity index (χ4n) is 25.2. The number of nitrogens with zero attached hydrogens (tertiary/aromatic N) is 10.